The maximum Gasteiger partial charge on any atom is 0.270 e. The monoisotopic (exact) mass is 427 g/mol. The van der Waals surface area contributed by atoms with Crippen LogP contribution in [-0.2, 0) is 11.3 Å². The third kappa shape index (κ3) is 4.76. The van der Waals surface area contributed by atoms with Crippen LogP contribution in [0.4, 0.5) is 0 Å². The van der Waals surface area contributed by atoms with E-state index in [1.807, 2.05) is 12.3 Å². The second kappa shape index (κ2) is 8.77. The lowest BCUT2D eigenvalue weighted by molar-refractivity contribution is -0.0764. The average Bonchev–Trinajstić information content (AvgIpc) is 3.33. The second-order valence-electron chi connectivity index (χ2n) is 9.06. The summed E-state index contributed by atoms with van der Waals surface area (Å²) in [5, 5.41) is 5.73. The van der Waals surface area contributed by atoms with E-state index in [0.29, 0.717) is 12.2 Å². The maximum absolute atomic E-state index is 12.2. The van der Waals surface area contributed by atoms with Gasteiger partial charge in [-0.3, -0.25) is 9.69 Å². The second-order valence-corrected chi connectivity index (χ2v) is 10.1. The van der Waals surface area contributed by atoms with Crippen molar-refractivity contribution in [2.45, 2.75) is 71.6 Å². The lowest BCUT2D eigenvalue weighted by Gasteiger charge is -2.39. The van der Waals surface area contributed by atoms with Gasteiger partial charge in [-0.2, -0.15) is 0 Å². The number of aryl methyl sites for hydroxylation is 4. The van der Waals surface area contributed by atoms with Crippen LogP contribution < -0.4 is 5.32 Å². The van der Waals surface area contributed by atoms with E-state index in [2.05, 4.69) is 48.1 Å². The van der Waals surface area contributed by atoms with E-state index in [9.17, 15) is 4.79 Å². The van der Waals surface area contributed by atoms with Gasteiger partial charge < -0.3 is 10.1 Å². The number of hydrogen-bond acceptors (Lipinski definition) is 5. The molecule has 2 aliphatic heterocycles. The number of nitrogens with zero attached hydrogens (tertiary/aromatic N) is 2. The molecular weight excluding hydrogens is 394 g/mol. The Kier molecular flexibility index (Phi) is 6.28. The van der Waals surface area contributed by atoms with Crippen molar-refractivity contribution >= 4 is 17.2 Å². The minimum atomic E-state index is -0.0949. The van der Waals surface area contributed by atoms with Crippen LogP contribution in [0.5, 0.6) is 0 Å². The van der Waals surface area contributed by atoms with Crippen LogP contribution in [0.1, 0.15) is 63.4 Å². The van der Waals surface area contributed by atoms with Crippen LogP contribution >= 0.6 is 11.3 Å². The SMILES string of the molecule is Cc1nc(C(=O)NCC2CCC3(CCN(Cc4cc(C)c(C)cc4C)CC3)O2)cs1. The minimum Gasteiger partial charge on any atom is -0.370 e. The van der Waals surface area contributed by atoms with E-state index >= 15 is 0 Å². The van der Waals surface area contributed by atoms with Crippen molar-refractivity contribution in [3.8, 4) is 0 Å². The Morgan fingerprint density at radius 1 is 1.17 bits per heavy atom. The smallest absolute Gasteiger partial charge is 0.270 e. The first-order valence-electron chi connectivity index (χ1n) is 11.0. The summed E-state index contributed by atoms with van der Waals surface area (Å²) in [4.78, 5) is 19.1. The minimum absolute atomic E-state index is 0.00134. The van der Waals surface area contributed by atoms with Crippen molar-refractivity contribution < 1.29 is 9.53 Å². The Morgan fingerprint density at radius 2 is 1.90 bits per heavy atom. The van der Waals surface area contributed by atoms with E-state index in [1.54, 1.807) is 0 Å². The van der Waals surface area contributed by atoms with Crippen LogP contribution in [0.25, 0.3) is 0 Å². The number of hydrogen-bond donors (Lipinski definition) is 1. The van der Waals surface area contributed by atoms with Crippen molar-refractivity contribution in [1.29, 1.82) is 0 Å². The molecule has 3 heterocycles. The first-order chi connectivity index (χ1) is 14.3. The van der Waals surface area contributed by atoms with Crippen LogP contribution in [0.15, 0.2) is 17.5 Å². The number of amides is 1. The standard InChI is InChI=1S/C24H33N3O2S/c1-16-11-18(3)20(12-17(16)2)14-27-9-7-24(8-10-27)6-5-21(29-24)13-25-23(28)22-15-30-19(4)26-22/h11-12,15,21H,5-10,13-14H2,1-4H3,(H,25,28). The first kappa shape index (κ1) is 21.5. The van der Waals surface area contributed by atoms with E-state index in [-0.39, 0.29) is 17.6 Å². The maximum atomic E-state index is 12.2. The largest absolute Gasteiger partial charge is 0.370 e. The Balaban J connectivity index is 1.26. The molecule has 1 atom stereocenters. The van der Waals surface area contributed by atoms with Gasteiger partial charge in [0.25, 0.3) is 5.91 Å². The quantitative estimate of drug-likeness (QED) is 0.772. The molecule has 1 unspecified atom stereocenters. The topological polar surface area (TPSA) is 54.5 Å². The van der Waals surface area contributed by atoms with Gasteiger partial charge in [-0.15, -0.1) is 11.3 Å². The van der Waals surface area contributed by atoms with Crippen LogP contribution in [0, 0.1) is 27.7 Å². The molecule has 0 bridgehead atoms. The average molecular weight is 428 g/mol. The van der Waals surface area contributed by atoms with Gasteiger partial charge in [0.15, 0.2) is 0 Å². The summed E-state index contributed by atoms with van der Waals surface area (Å²) in [6, 6.07) is 4.66. The summed E-state index contributed by atoms with van der Waals surface area (Å²) in [5.74, 6) is -0.0949. The molecule has 1 aromatic carbocycles. The fraction of sp³-hybridized carbons (Fsp3) is 0.583. The van der Waals surface area contributed by atoms with Crippen molar-refractivity contribution in [2.75, 3.05) is 19.6 Å². The van der Waals surface area contributed by atoms with Crippen molar-refractivity contribution in [2.24, 2.45) is 0 Å². The highest BCUT2D eigenvalue weighted by Gasteiger charge is 2.42. The van der Waals surface area contributed by atoms with Gasteiger partial charge in [-0.1, -0.05) is 12.1 Å². The third-order valence-electron chi connectivity index (χ3n) is 6.79. The predicted octanol–water partition coefficient (Wildman–Crippen LogP) is 4.32. The third-order valence-corrected chi connectivity index (χ3v) is 7.57. The molecule has 0 aliphatic carbocycles. The van der Waals surface area contributed by atoms with E-state index in [1.165, 1.54) is 33.6 Å². The number of nitrogens with one attached hydrogen (secondary N) is 1. The molecule has 0 saturated carbocycles. The van der Waals surface area contributed by atoms with Gasteiger partial charge in [0.2, 0.25) is 0 Å². The molecule has 1 spiro atoms. The van der Waals surface area contributed by atoms with Crippen LogP contribution in [0.3, 0.4) is 0 Å². The van der Waals surface area contributed by atoms with Gasteiger partial charge >= 0.3 is 0 Å². The molecular formula is C24H33N3O2S. The summed E-state index contributed by atoms with van der Waals surface area (Å²) < 4.78 is 6.48. The molecule has 1 aromatic heterocycles. The molecule has 5 nitrogen and oxygen atoms in total. The Morgan fingerprint density at radius 3 is 2.60 bits per heavy atom. The molecule has 6 heteroatoms. The highest BCUT2D eigenvalue weighted by molar-refractivity contribution is 7.09. The number of carbonyl (C=O) groups is 1. The van der Waals surface area contributed by atoms with Gasteiger partial charge in [0.05, 0.1) is 16.7 Å². The van der Waals surface area contributed by atoms with Gasteiger partial charge in [0.1, 0.15) is 5.69 Å². The normalized spacial score (nSPS) is 21.3. The summed E-state index contributed by atoms with van der Waals surface area (Å²) >= 11 is 1.50. The molecule has 2 aromatic rings. The number of piperidine rings is 1. The fourth-order valence-electron chi connectivity index (χ4n) is 4.72. The summed E-state index contributed by atoms with van der Waals surface area (Å²) in [6.07, 6.45) is 4.38. The predicted molar refractivity (Wildman–Crippen MR) is 121 cm³/mol. The lowest BCUT2D eigenvalue weighted by Crippen LogP contribution is -2.45. The van der Waals surface area contributed by atoms with E-state index in [0.717, 1.165) is 50.3 Å². The Labute approximate surface area is 183 Å². The zero-order valence-electron chi connectivity index (χ0n) is 18.6. The number of thiazole rings is 1. The number of aromatic nitrogens is 1. The van der Waals surface area contributed by atoms with Gasteiger partial charge in [-0.05, 0) is 75.6 Å². The summed E-state index contributed by atoms with van der Waals surface area (Å²) in [6.45, 7) is 12.3. The molecule has 2 fully saturated rings. The number of carbonyl (C=O) groups excluding carboxylic acids is 1. The molecule has 0 radical (unpaired) electrons. The fourth-order valence-corrected chi connectivity index (χ4v) is 5.32. The Bertz CT molecular complexity index is 915. The first-order valence-corrected chi connectivity index (χ1v) is 11.9. The number of ether oxygens (including phenoxy) is 1. The Hall–Kier alpha value is -1.76. The highest BCUT2D eigenvalue weighted by Crippen LogP contribution is 2.39. The molecule has 162 valence electrons. The van der Waals surface area contributed by atoms with Crippen molar-refractivity contribution in [3.05, 3.63) is 50.5 Å². The van der Waals surface area contributed by atoms with Gasteiger partial charge in [-0.25, -0.2) is 4.98 Å². The molecule has 1 amide bonds. The molecule has 2 aliphatic rings. The number of rotatable bonds is 5. The lowest BCUT2D eigenvalue weighted by atomic mass is 9.88. The zero-order chi connectivity index (χ0) is 21.3. The van der Waals surface area contributed by atoms with Gasteiger partial charge in [0, 0.05) is 31.6 Å². The van der Waals surface area contributed by atoms with Crippen LogP contribution in [0.2, 0.25) is 0 Å². The molecule has 30 heavy (non-hydrogen) atoms. The number of likely N-dealkylation sites (tertiary alicyclic amines) is 1. The number of benzene rings is 1. The summed E-state index contributed by atoms with van der Waals surface area (Å²) in [5.41, 5.74) is 6.10. The van der Waals surface area contributed by atoms with E-state index < -0.39 is 0 Å². The molecule has 4 rings (SSSR count). The van der Waals surface area contributed by atoms with Crippen LogP contribution in [-0.4, -0.2) is 47.1 Å². The zero-order valence-corrected chi connectivity index (χ0v) is 19.4. The molecule has 2 saturated heterocycles. The highest BCUT2D eigenvalue weighted by atomic mass is 32.1. The summed E-state index contributed by atoms with van der Waals surface area (Å²) in [7, 11) is 0. The van der Waals surface area contributed by atoms with Crippen molar-refractivity contribution in [1.82, 2.24) is 15.2 Å². The van der Waals surface area contributed by atoms with E-state index in [4.69, 9.17) is 4.74 Å². The molecule has 1 N–H and O–H groups in total. The van der Waals surface area contributed by atoms with Crippen molar-refractivity contribution in [3.63, 3.8) is 0 Å².